The first-order valence-corrected chi connectivity index (χ1v) is 6.64. The molecule has 0 bridgehead atoms. The number of unbranched alkanes of at least 4 members (excludes halogenated alkanes) is 3. The molecule has 16 heavy (non-hydrogen) atoms. The second-order valence-corrected chi connectivity index (χ2v) is 5.35. The second kappa shape index (κ2) is 9.52. The van der Waals surface area contributed by atoms with Gasteiger partial charge in [0.15, 0.2) is 0 Å². The van der Waals surface area contributed by atoms with Crippen LogP contribution in [0.4, 0.5) is 0 Å². The van der Waals surface area contributed by atoms with Crippen molar-refractivity contribution in [2.45, 2.75) is 70.5 Å². The van der Waals surface area contributed by atoms with Crippen LogP contribution in [0.25, 0.3) is 0 Å². The predicted molar refractivity (Wildman–Crippen MR) is 74.3 cm³/mol. The first-order chi connectivity index (χ1) is 7.62. The molecule has 90 valence electrons. The Bertz CT molecular complexity index is 225. The molecular formula is C14H26BN. The highest BCUT2D eigenvalue weighted by Crippen LogP contribution is 2.33. The van der Waals surface area contributed by atoms with Gasteiger partial charge in [-0.25, -0.2) is 0 Å². The van der Waals surface area contributed by atoms with Crippen molar-refractivity contribution >= 4 is 7.85 Å². The summed E-state index contributed by atoms with van der Waals surface area (Å²) in [5.74, 6) is 0. The molecule has 0 saturated carbocycles. The molecule has 1 unspecified atom stereocenters. The fourth-order valence-electron chi connectivity index (χ4n) is 1.88. The summed E-state index contributed by atoms with van der Waals surface area (Å²) in [5.41, 5.74) is 0. The van der Waals surface area contributed by atoms with Crippen molar-refractivity contribution in [1.82, 2.24) is 0 Å². The molecule has 0 aliphatic heterocycles. The third-order valence-electron chi connectivity index (χ3n) is 3.07. The van der Waals surface area contributed by atoms with Crippen LogP contribution in [0.15, 0.2) is 12.2 Å². The van der Waals surface area contributed by atoms with Gasteiger partial charge in [0, 0.05) is 0 Å². The lowest BCUT2D eigenvalue weighted by Gasteiger charge is -2.23. The van der Waals surface area contributed by atoms with E-state index in [1.807, 2.05) is 6.08 Å². The maximum Gasteiger partial charge on any atom is 0.109 e. The summed E-state index contributed by atoms with van der Waals surface area (Å²) in [6.45, 7) is 4.61. The van der Waals surface area contributed by atoms with E-state index in [4.69, 9.17) is 5.26 Å². The van der Waals surface area contributed by atoms with Crippen molar-refractivity contribution in [2.75, 3.05) is 0 Å². The van der Waals surface area contributed by atoms with Crippen LogP contribution in [-0.4, -0.2) is 7.85 Å². The van der Waals surface area contributed by atoms with Crippen LogP contribution in [0.1, 0.15) is 65.2 Å². The van der Waals surface area contributed by atoms with E-state index in [-0.39, 0.29) is 0 Å². The number of nitrogens with zero attached hydrogens (tertiary/aromatic N) is 1. The van der Waals surface area contributed by atoms with Crippen molar-refractivity contribution in [3.63, 3.8) is 0 Å². The minimum Gasteiger partial charge on any atom is -0.198 e. The molecule has 1 atom stereocenters. The zero-order valence-corrected chi connectivity index (χ0v) is 11.3. The topological polar surface area (TPSA) is 23.8 Å². The van der Waals surface area contributed by atoms with E-state index in [9.17, 15) is 0 Å². The minimum absolute atomic E-state index is 0.463. The molecule has 0 amide bonds. The zero-order chi connectivity index (χ0) is 12.3. The van der Waals surface area contributed by atoms with Crippen molar-refractivity contribution in [2.24, 2.45) is 0 Å². The first kappa shape index (κ1) is 15.3. The Labute approximate surface area is 102 Å². The van der Waals surface area contributed by atoms with E-state index < -0.39 is 0 Å². The first-order valence-electron chi connectivity index (χ1n) is 6.64. The Morgan fingerprint density at radius 2 is 1.94 bits per heavy atom. The fourth-order valence-corrected chi connectivity index (χ4v) is 1.88. The largest absolute Gasteiger partial charge is 0.198 e. The summed E-state index contributed by atoms with van der Waals surface area (Å²) in [5, 5.41) is 8.85. The Balaban J connectivity index is 3.58. The molecule has 0 saturated heterocycles. The van der Waals surface area contributed by atoms with Gasteiger partial charge in [-0.05, 0) is 6.42 Å². The van der Waals surface area contributed by atoms with Crippen LogP contribution in [0.2, 0.25) is 5.31 Å². The van der Waals surface area contributed by atoms with Crippen LogP contribution in [0.3, 0.4) is 0 Å². The summed E-state index contributed by atoms with van der Waals surface area (Å²) >= 11 is 0. The summed E-state index contributed by atoms with van der Waals surface area (Å²) in [7, 11) is 2.36. The Hall–Kier alpha value is -0.705. The Kier molecular flexibility index (Phi) is 9.10. The van der Waals surface area contributed by atoms with Crippen LogP contribution in [0, 0.1) is 11.3 Å². The summed E-state index contributed by atoms with van der Waals surface area (Å²) < 4.78 is 0. The monoisotopic (exact) mass is 219 g/mol. The van der Waals surface area contributed by atoms with Crippen molar-refractivity contribution < 1.29 is 0 Å². The molecule has 0 rings (SSSR count). The van der Waals surface area contributed by atoms with Crippen LogP contribution in [-0.2, 0) is 0 Å². The molecule has 0 aliphatic carbocycles. The van der Waals surface area contributed by atoms with Crippen LogP contribution >= 0.6 is 0 Å². The van der Waals surface area contributed by atoms with Gasteiger partial charge in [0.2, 0.25) is 0 Å². The molecular weight excluding hydrogens is 193 g/mol. The molecule has 0 radical (unpaired) electrons. The highest BCUT2D eigenvalue weighted by Gasteiger charge is 2.15. The lowest BCUT2D eigenvalue weighted by atomic mass is 9.64. The number of allylic oxidation sites excluding steroid dienone is 2. The van der Waals surface area contributed by atoms with Gasteiger partial charge in [0.05, 0.1) is 12.5 Å². The van der Waals surface area contributed by atoms with E-state index in [2.05, 4.69) is 33.8 Å². The maximum atomic E-state index is 8.39. The van der Waals surface area contributed by atoms with Gasteiger partial charge in [-0.3, -0.25) is 0 Å². The molecule has 0 aromatic rings. The van der Waals surface area contributed by atoms with Gasteiger partial charge in [-0.1, -0.05) is 69.8 Å². The van der Waals surface area contributed by atoms with Gasteiger partial charge in [0.1, 0.15) is 7.85 Å². The molecule has 0 heterocycles. The van der Waals surface area contributed by atoms with Gasteiger partial charge in [0.25, 0.3) is 0 Å². The minimum atomic E-state index is 0.463. The molecule has 0 aromatic heterocycles. The standard InChI is InChI=1S/C14H26BN/c1-3-4-5-8-11-14(2,15)12-9-6-7-10-13-16/h6-7H,3-5,8-12,15H2,1-2H3/b7-6-. The molecule has 0 N–H and O–H groups in total. The third kappa shape index (κ3) is 9.83. The third-order valence-corrected chi connectivity index (χ3v) is 3.07. The van der Waals surface area contributed by atoms with Crippen molar-refractivity contribution in [3.8, 4) is 6.07 Å². The number of nitriles is 1. The van der Waals surface area contributed by atoms with E-state index in [0.717, 1.165) is 6.42 Å². The summed E-state index contributed by atoms with van der Waals surface area (Å²) in [6, 6.07) is 2.13. The average molecular weight is 219 g/mol. The Morgan fingerprint density at radius 1 is 1.19 bits per heavy atom. The molecule has 0 aromatic carbocycles. The van der Waals surface area contributed by atoms with Crippen molar-refractivity contribution in [3.05, 3.63) is 12.2 Å². The van der Waals surface area contributed by atoms with E-state index in [0.29, 0.717) is 11.7 Å². The van der Waals surface area contributed by atoms with Gasteiger partial charge >= 0.3 is 0 Å². The summed E-state index contributed by atoms with van der Waals surface area (Å²) in [4.78, 5) is 0. The lowest BCUT2D eigenvalue weighted by Crippen LogP contribution is -2.07. The maximum absolute atomic E-state index is 8.39. The number of hydrogen-bond acceptors (Lipinski definition) is 1. The second-order valence-electron chi connectivity index (χ2n) is 5.35. The summed E-state index contributed by atoms with van der Waals surface area (Å²) in [6.07, 6.45) is 13.8. The van der Waals surface area contributed by atoms with Crippen LogP contribution in [0.5, 0.6) is 0 Å². The van der Waals surface area contributed by atoms with Crippen molar-refractivity contribution in [1.29, 1.82) is 5.26 Å². The van der Waals surface area contributed by atoms with E-state index in [1.54, 1.807) is 0 Å². The molecule has 2 heteroatoms. The smallest absolute Gasteiger partial charge is 0.109 e. The Morgan fingerprint density at radius 3 is 2.56 bits per heavy atom. The lowest BCUT2D eigenvalue weighted by molar-refractivity contribution is 0.484. The quantitative estimate of drug-likeness (QED) is 0.326. The van der Waals surface area contributed by atoms with E-state index in [1.165, 1.54) is 38.5 Å². The normalized spacial score (nSPS) is 14.8. The fraction of sp³-hybridized carbons (Fsp3) is 0.786. The van der Waals surface area contributed by atoms with Gasteiger partial charge in [-0.15, -0.1) is 0 Å². The highest BCUT2D eigenvalue weighted by atomic mass is 14.2. The molecule has 0 fully saturated rings. The molecule has 0 spiro atoms. The molecule has 1 nitrogen and oxygen atoms in total. The number of hydrogen-bond donors (Lipinski definition) is 0. The zero-order valence-electron chi connectivity index (χ0n) is 11.3. The molecule has 0 aliphatic rings. The average Bonchev–Trinajstić information content (AvgIpc) is 2.24. The SMILES string of the molecule is BC(C)(CC/C=C\CC#N)CCCCCC. The van der Waals surface area contributed by atoms with Gasteiger partial charge in [-0.2, -0.15) is 5.26 Å². The van der Waals surface area contributed by atoms with Gasteiger partial charge < -0.3 is 0 Å². The highest BCUT2D eigenvalue weighted by molar-refractivity contribution is 6.14. The van der Waals surface area contributed by atoms with E-state index >= 15 is 0 Å². The van der Waals surface area contributed by atoms with Crippen LogP contribution < -0.4 is 0 Å². The predicted octanol–water partition coefficient (Wildman–Crippen LogP) is 4.02. The number of rotatable bonds is 9.